The molecule has 0 bridgehead atoms. The van der Waals surface area contributed by atoms with Crippen LogP contribution < -0.4 is 10.9 Å². The Morgan fingerprint density at radius 1 is 1.31 bits per heavy atom. The number of aromatic nitrogens is 3. The molecule has 3 aromatic heterocycles. The number of rotatable bonds is 4. The molecule has 4 aromatic rings. The van der Waals surface area contributed by atoms with Gasteiger partial charge in [0.1, 0.15) is 5.76 Å². The summed E-state index contributed by atoms with van der Waals surface area (Å²) in [6.07, 6.45) is 1.49. The van der Waals surface area contributed by atoms with Crippen molar-refractivity contribution in [3.63, 3.8) is 0 Å². The Morgan fingerprint density at radius 2 is 2.19 bits per heavy atom. The van der Waals surface area contributed by atoms with E-state index in [2.05, 4.69) is 20.3 Å². The summed E-state index contributed by atoms with van der Waals surface area (Å²) in [5.74, 6) is 1.30. The molecule has 4 rings (SSSR count). The molecular weight excluding hydrogens is 352 g/mol. The molecule has 3 heterocycles. The van der Waals surface area contributed by atoms with Gasteiger partial charge in [0.05, 0.1) is 29.3 Å². The van der Waals surface area contributed by atoms with Crippen molar-refractivity contribution in [1.29, 1.82) is 0 Å². The van der Waals surface area contributed by atoms with E-state index in [1.165, 1.54) is 17.7 Å². The van der Waals surface area contributed by atoms with Gasteiger partial charge in [-0.05, 0) is 37.3 Å². The second-order valence-corrected chi connectivity index (χ2v) is 6.60. The van der Waals surface area contributed by atoms with Crippen LogP contribution in [0.5, 0.6) is 0 Å². The summed E-state index contributed by atoms with van der Waals surface area (Å²) in [6, 6.07) is 8.75. The predicted octanol–water partition coefficient (Wildman–Crippen LogP) is 3.13. The number of carbonyl (C=O) groups excluding carboxylic acids is 1. The predicted molar refractivity (Wildman–Crippen MR) is 99.3 cm³/mol. The van der Waals surface area contributed by atoms with E-state index < -0.39 is 0 Å². The van der Waals surface area contributed by atoms with E-state index >= 15 is 0 Å². The number of aromatic amines is 1. The molecule has 1 amide bonds. The quantitative estimate of drug-likeness (QED) is 0.578. The number of aryl methyl sites for hydroxylation is 1. The first-order valence-corrected chi connectivity index (χ1v) is 8.75. The van der Waals surface area contributed by atoms with Gasteiger partial charge in [0, 0.05) is 11.1 Å². The lowest BCUT2D eigenvalue weighted by Gasteiger charge is -2.05. The molecule has 0 atom stereocenters. The largest absolute Gasteiger partial charge is 0.459 e. The van der Waals surface area contributed by atoms with Gasteiger partial charge in [-0.25, -0.2) is 9.97 Å². The second-order valence-electron chi connectivity index (χ2n) is 5.74. The molecule has 0 aliphatic heterocycles. The number of nitrogens with one attached hydrogen (secondary N) is 2. The minimum atomic E-state index is -0.246. The molecule has 0 fully saturated rings. The van der Waals surface area contributed by atoms with Crippen molar-refractivity contribution in [3.05, 3.63) is 63.8 Å². The Labute approximate surface area is 151 Å². The first-order valence-electron chi connectivity index (χ1n) is 7.87. The highest BCUT2D eigenvalue weighted by atomic mass is 32.1. The third kappa shape index (κ3) is 3.27. The molecule has 0 radical (unpaired) electrons. The van der Waals surface area contributed by atoms with Crippen molar-refractivity contribution < 1.29 is 9.21 Å². The number of benzene rings is 1. The molecule has 0 saturated carbocycles. The summed E-state index contributed by atoms with van der Waals surface area (Å²) >= 11 is 1.43. The van der Waals surface area contributed by atoms with E-state index in [1.807, 2.05) is 24.4 Å². The van der Waals surface area contributed by atoms with Crippen LogP contribution >= 0.6 is 11.3 Å². The number of nitrogens with zero attached hydrogens (tertiary/aromatic N) is 2. The Morgan fingerprint density at radius 3 is 3.00 bits per heavy atom. The van der Waals surface area contributed by atoms with E-state index in [0.717, 1.165) is 10.8 Å². The fourth-order valence-corrected chi connectivity index (χ4v) is 3.35. The maximum absolute atomic E-state index is 12.3. The number of hydrogen-bond acceptors (Lipinski definition) is 6. The lowest BCUT2D eigenvalue weighted by Crippen LogP contribution is -2.15. The molecule has 0 spiro atoms. The zero-order chi connectivity index (χ0) is 18.1. The van der Waals surface area contributed by atoms with Gasteiger partial charge >= 0.3 is 0 Å². The number of fused-ring (bicyclic) bond motifs is 1. The van der Waals surface area contributed by atoms with Gasteiger partial charge < -0.3 is 14.7 Å². The molecule has 1 aromatic carbocycles. The second kappa shape index (κ2) is 6.57. The fraction of sp³-hybridized carbons (Fsp3) is 0.111. The van der Waals surface area contributed by atoms with E-state index in [0.29, 0.717) is 28.0 Å². The smallest absolute Gasteiger partial charge is 0.258 e. The van der Waals surface area contributed by atoms with Crippen LogP contribution in [0.1, 0.15) is 11.5 Å². The Bertz CT molecular complexity index is 1160. The molecule has 7 nitrogen and oxygen atoms in total. The van der Waals surface area contributed by atoms with Crippen molar-refractivity contribution in [3.8, 4) is 10.8 Å². The first-order chi connectivity index (χ1) is 12.6. The number of furan rings is 1. The number of hydrogen-bond donors (Lipinski definition) is 2. The number of anilines is 1. The monoisotopic (exact) mass is 366 g/mol. The van der Waals surface area contributed by atoms with E-state index in [1.54, 1.807) is 18.2 Å². The topological polar surface area (TPSA) is 101 Å². The number of amides is 1. The van der Waals surface area contributed by atoms with Gasteiger partial charge in [0.25, 0.3) is 5.56 Å². The summed E-state index contributed by atoms with van der Waals surface area (Å²) < 4.78 is 5.54. The van der Waals surface area contributed by atoms with Crippen LogP contribution in [0, 0.1) is 6.92 Å². The average Bonchev–Trinajstić information content (AvgIpc) is 3.24. The molecule has 0 aliphatic rings. The van der Waals surface area contributed by atoms with Crippen molar-refractivity contribution in [2.24, 2.45) is 0 Å². The van der Waals surface area contributed by atoms with Gasteiger partial charge in [0.2, 0.25) is 5.91 Å². The highest BCUT2D eigenvalue weighted by Gasteiger charge is 2.12. The van der Waals surface area contributed by atoms with Gasteiger partial charge in [-0.3, -0.25) is 9.59 Å². The number of thiazole rings is 1. The van der Waals surface area contributed by atoms with Crippen molar-refractivity contribution in [1.82, 2.24) is 15.0 Å². The molecule has 130 valence electrons. The van der Waals surface area contributed by atoms with Crippen molar-refractivity contribution >= 4 is 33.8 Å². The maximum Gasteiger partial charge on any atom is 0.258 e. The van der Waals surface area contributed by atoms with Crippen LogP contribution in [-0.4, -0.2) is 20.9 Å². The van der Waals surface area contributed by atoms with Crippen molar-refractivity contribution in [2.45, 2.75) is 13.3 Å². The summed E-state index contributed by atoms with van der Waals surface area (Å²) in [7, 11) is 0. The third-order valence-corrected chi connectivity index (χ3v) is 4.67. The van der Waals surface area contributed by atoms with Crippen molar-refractivity contribution in [2.75, 3.05) is 5.32 Å². The van der Waals surface area contributed by atoms with Gasteiger partial charge in [-0.2, -0.15) is 0 Å². The minimum Gasteiger partial charge on any atom is -0.459 e. The third-order valence-electron chi connectivity index (χ3n) is 3.77. The Balaban J connectivity index is 1.48. The van der Waals surface area contributed by atoms with Crippen LogP contribution in [0.15, 0.2) is 51.3 Å². The normalized spacial score (nSPS) is 11.0. The van der Waals surface area contributed by atoms with Gasteiger partial charge in [0.15, 0.2) is 10.8 Å². The molecule has 0 unspecified atom stereocenters. The molecule has 8 heteroatoms. The molecule has 0 saturated heterocycles. The lowest BCUT2D eigenvalue weighted by molar-refractivity contribution is -0.115. The van der Waals surface area contributed by atoms with Crippen LogP contribution in [0.25, 0.3) is 21.7 Å². The highest BCUT2D eigenvalue weighted by molar-refractivity contribution is 7.13. The zero-order valence-corrected chi connectivity index (χ0v) is 14.6. The Kier molecular flexibility index (Phi) is 4.10. The van der Waals surface area contributed by atoms with E-state index in [9.17, 15) is 9.59 Å². The van der Waals surface area contributed by atoms with Crippen LogP contribution in [0.3, 0.4) is 0 Å². The van der Waals surface area contributed by atoms with Crippen LogP contribution in [0.4, 0.5) is 5.69 Å². The van der Waals surface area contributed by atoms with E-state index in [4.69, 9.17) is 4.42 Å². The number of H-pyrrole nitrogens is 1. The highest BCUT2D eigenvalue weighted by Crippen LogP contribution is 2.25. The fourth-order valence-electron chi connectivity index (χ4n) is 2.57. The first kappa shape index (κ1) is 16.2. The number of carbonyl (C=O) groups is 1. The standard InChI is InChI=1S/C18H14N4O3S/c1-10-2-5-15(25-10)18-22-12(8-26-18)7-16(23)21-11-3-4-14-13(6-11)17(24)20-9-19-14/h2-6,8-9H,7H2,1H3,(H,21,23)(H,19,20,24). The van der Waals surface area contributed by atoms with Gasteiger partial charge in [-0.15, -0.1) is 11.3 Å². The SMILES string of the molecule is Cc1ccc(-c2nc(CC(=O)Nc3ccc4nc[nH]c(=O)c4c3)cs2)o1. The lowest BCUT2D eigenvalue weighted by atomic mass is 10.2. The summed E-state index contributed by atoms with van der Waals surface area (Å²) in [6.45, 7) is 1.87. The maximum atomic E-state index is 12.3. The molecular formula is C18H14N4O3S. The van der Waals surface area contributed by atoms with Gasteiger partial charge in [-0.1, -0.05) is 0 Å². The van der Waals surface area contributed by atoms with Crippen LogP contribution in [-0.2, 0) is 11.2 Å². The molecule has 26 heavy (non-hydrogen) atoms. The zero-order valence-electron chi connectivity index (χ0n) is 13.8. The minimum absolute atomic E-state index is 0.137. The Hall–Kier alpha value is -3.26. The van der Waals surface area contributed by atoms with Crippen LogP contribution in [0.2, 0.25) is 0 Å². The average molecular weight is 366 g/mol. The molecule has 2 N–H and O–H groups in total. The summed E-state index contributed by atoms with van der Waals surface area (Å²) in [5.41, 5.74) is 1.53. The summed E-state index contributed by atoms with van der Waals surface area (Å²) in [5, 5.41) is 5.79. The molecule has 0 aliphatic carbocycles. The van der Waals surface area contributed by atoms with E-state index in [-0.39, 0.29) is 17.9 Å². The summed E-state index contributed by atoms with van der Waals surface area (Å²) in [4.78, 5) is 35.1.